The Balaban J connectivity index is 1.49. The summed E-state index contributed by atoms with van der Waals surface area (Å²) in [4.78, 5) is 37.5. The molecule has 2 aliphatic heterocycles. The Kier molecular flexibility index (Phi) is 4.69. The second kappa shape index (κ2) is 6.75. The van der Waals surface area contributed by atoms with Gasteiger partial charge in [-0.25, -0.2) is 0 Å². The first-order valence-corrected chi connectivity index (χ1v) is 8.65. The topological polar surface area (TPSA) is 66.5 Å². The van der Waals surface area contributed by atoms with E-state index in [4.69, 9.17) is 0 Å². The van der Waals surface area contributed by atoms with Gasteiger partial charge in [-0.05, 0) is 30.7 Å². The summed E-state index contributed by atoms with van der Waals surface area (Å²) in [6.07, 6.45) is 2.91. The van der Waals surface area contributed by atoms with Crippen molar-refractivity contribution in [1.82, 2.24) is 10.2 Å². The van der Waals surface area contributed by atoms with E-state index < -0.39 is 5.41 Å². The van der Waals surface area contributed by atoms with Gasteiger partial charge in [0.05, 0.1) is 5.41 Å². The first kappa shape index (κ1) is 16.7. The van der Waals surface area contributed by atoms with Gasteiger partial charge in [-0.15, -0.1) is 0 Å². The minimum atomic E-state index is -0.727. The zero-order valence-corrected chi connectivity index (χ0v) is 14.1. The summed E-state index contributed by atoms with van der Waals surface area (Å²) in [7, 11) is 0. The quantitative estimate of drug-likeness (QED) is 0.862. The monoisotopic (exact) mass is 328 g/mol. The number of amides is 3. The van der Waals surface area contributed by atoms with Crippen molar-refractivity contribution < 1.29 is 14.4 Å². The fourth-order valence-electron chi connectivity index (χ4n) is 3.69. The van der Waals surface area contributed by atoms with Gasteiger partial charge in [0.2, 0.25) is 17.7 Å². The minimum absolute atomic E-state index is 0.0925. The van der Waals surface area contributed by atoms with Crippen LogP contribution in [0.2, 0.25) is 0 Å². The van der Waals surface area contributed by atoms with E-state index in [-0.39, 0.29) is 24.1 Å². The average molecular weight is 328 g/mol. The normalized spacial score (nSPS) is 25.0. The Bertz CT molecular complexity index is 635. The van der Waals surface area contributed by atoms with Crippen LogP contribution in [0.1, 0.15) is 50.5 Å². The number of hydrogen-bond acceptors (Lipinski definition) is 3. The predicted octanol–water partition coefficient (Wildman–Crippen LogP) is 2.23. The molecule has 1 unspecified atom stereocenters. The van der Waals surface area contributed by atoms with Gasteiger partial charge in [0, 0.05) is 25.9 Å². The van der Waals surface area contributed by atoms with Crippen molar-refractivity contribution >= 4 is 17.7 Å². The van der Waals surface area contributed by atoms with Gasteiger partial charge >= 0.3 is 0 Å². The van der Waals surface area contributed by atoms with Crippen molar-refractivity contribution in [3.63, 3.8) is 0 Å². The molecule has 24 heavy (non-hydrogen) atoms. The van der Waals surface area contributed by atoms with E-state index >= 15 is 0 Å². The Hall–Kier alpha value is -2.17. The molecule has 1 N–H and O–H groups in total. The van der Waals surface area contributed by atoms with E-state index in [0.29, 0.717) is 18.8 Å². The molecule has 5 heteroatoms. The summed E-state index contributed by atoms with van der Waals surface area (Å²) in [5.41, 5.74) is 0.619. The minimum Gasteiger partial charge on any atom is -0.343 e. The average Bonchev–Trinajstić information content (AvgIpc) is 2.86. The molecular weight excluding hydrogens is 304 g/mol. The van der Waals surface area contributed by atoms with Gasteiger partial charge < -0.3 is 4.90 Å². The summed E-state index contributed by atoms with van der Waals surface area (Å²) in [5, 5.41) is 2.33. The Labute approximate surface area is 142 Å². The molecule has 1 aromatic carbocycles. The SMILES string of the molecule is CC1(CCC(=O)N2CCC(c3ccccc3)CC2)CC(=O)NC1=O. The number of likely N-dealkylation sites (tertiary alicyclic amines) is 1. The summed E-state index contributed by atoms with van der Waals surface area (Å²) in [6.45, 7) is 3.29. The van der Waals surface area contributed by atoms with Crippen LogP contribution in [0, 0.1) is 5.41 Å². The molecule has 1 atom stereocenters. The van der Waals surface area contributed by atoms with Crippen molar-refractivity contribution in [1.29, 1.82) is 0 Å². The van der Waals surface area contributed by atoms with Gasteiger partial charge in [-0.1, -0.05) is 37.3 Å². The largest absolute Gasteiger partial charge is 0.343 e. The summed E-state index contributed by atoms with van der Waals surface area (Å²) >= 11 is 0. The number of imide groups is 1. The lowest BCUT2D eigenvalue weighted by Gasteiger charge is -2.33. The molecule has 2 fully saturated rings. The summed E-state index contributed by atoms with van der Waals surface area (Å²) in [6, 6.07) is 10.4. The van der Waals surface area contributed by atoms with Gasteiger partial charge in [0.25, 0.3) is 0 Å². The highest BCUT2D eigenvalue weighted by Crippen LogP contribution is 2.33. The zero-order chi connectivity index (χ0) is 17.2. The number of nitrogens with one attached hydrogen (secondary N) is 1. The van der Waals surface area contributed by atoms with Crippen LogP contribution in [0.25, 0.3) is 0 Å². The van der Waals surface area contributed by atoms with E-state index in [0.717, 1.165) is 25.9 Å². The molecule has 2 aliphatic rings. The number of carbonyl (C=O) groups excluding carboxylic acids is 3. The predicted molar refractivity (Wildman–Crippen MR) is 90.1 cm³/mol. The van der Waals surface area contributed by atoms with Crippen molar-refractivity contribution in [3.8, 4) is 0 Å². The number of nitrogens with zero attached hydrogens (tertiary/aromatic N) is 1. The van der Waals surface area contributed by atoms with Gasteiger partial charge in [-0.2, -0.15) is 0 Å². The fourth-order valence-corrected chi connectivity index (χ4v) is 3.69. The maximum absolute atomic E-state index is 12.4. The van der Waals surface area contributed by atoms with Crippen molar-refractivity contribution in [2.75, 3.05) is 13.1 Å². The molecular formula is C19H24N2O3. The molecule has 0 bridgehead atoms. The molecule has 3 amide bonds. The summed E-state index contributed by atoms with van der Waals surface area (Å²) < 4.78 is 0. The van der Waals surface area contributed by atoms with Crippen LogP contribution in [-0.4, -0.2) is 35.7 Å². The second-order valence-electron chi connectivity index (χ2n) is 7.18. The third kappa shape index (κ3) is 3.50. The van der Waals surface area contributed by atoms with Gasteiger partial charge in [0.15, 0.2) is 0 Å². The van der Waals surface area contributed by atoms with Crippen LogP contribution in [0.5, 0.6) is 0 Å². The number of benzene rings is 1. The van der Waals surface area contributed by atoms with Crippen LogP contribution in [0.3, 0.4) is 0 Å². The first-order chi connectivity index (χ1) is 11.5. The molecule has 3 rings (SSSR count). The van der Waals surface area contributed by atoms with Crippen LogP contribution in [0.15, 0.2) is 30.3 Å². The molecule has 128 valence electrons. The molecule has 0 saturated carbocycles. The van der Waals surface area contributed by atoms with E-state index in [1.54, 1.807) is 6.92 Å². The molecule has 2 heterocycles. The van der Waals surface area contributed by atoms with E-state index in [1.165, 1.54) is 5.56 Å². The standard InChI is InChI=1S/C19H24N2O3/c1-19(13-16(22)20-18(19)24)10-7-17(23)21-11-8-15(9-12-21)14-5-3-2-4-6-14/h2-6,15H,7-13H2,1H3,(H,20,22,24). The lowest BCUT2D eigenvalue weighted by Crippen LogP contribution is -2.39. The Morgan fingerprint density at radius 2 is 1.88 bits per heavy atom. The van der Waals surface area contributed by atoms with Crippen molar-refractivity contribution in [3.05, 3.63) is 35.9 Å². The molecule has 0 radical (unpaired) electrons. The maximum atomic E-state index is 12.4. The highest BCUT2D eigenvalue weighted by molar-refractivity contribution is 6.05. The number of rotatable bonds is 4. The van der Waals surface area contributed by atoms with E-state index in [1.807, 2.05) is 11.0 Å². The Morgan fingerprint density at radius 1 is 1.21 bits per heavy atom. The highest BCUT2D eigenvalue weighted by atomic mass is 16.2. The lowest BCUT2D eigenvalue weighted by atomic mass is 9.83. The zero-order valence-electron chi connectivity index (χ0n) is 14.1. The summed E-state index contributed by atoms with van der Waals surface area (Å²) in [5.74, 6) is 0.127. The van der Waals surface area contributed by atoms with Crippen molar-refractivity contribution in [2.24, 2.45) is 5.41 Å². The first-order valence-electron chi connectivity index (χ1n) is 8.65. The lowest BCUT2D eigenvalue weighted by molar-refractivity contribution is -0.133. The van der Waals surface area contributed by atoms with E-state index in [9.17, 15) is 14.4 Å². The van der Waals surface area contributed by atoms with Crippen LogP contribution >= 0.6 is 0 Å². The molecule has 5 nitrogen and oxygen atoms in total. The van der Waals surface area contributed by atoms with Crippen LogP contribution < -0.4 is 5.32 Å². The number of piperidine rings is 1. The highest BCUT2D eigenvalue weighted by Gasteiger charge is 2.42. The number of carbonyl (C=O) groups is 3. The van der Waals surface area contributed by atoms with Gasteiger partial charge in [0.1, 0.15) is 0 Å². The van der Waals surface area contributed by atoms with E-state index in [2.05, 4.69) is 29.6 Å². The van der Waals surface area contributed by atoms with Crippen LogP contribution in [0.4, 0.5) is 0 Å². The number of hydrogen-bond donors (Lipinski definition) is 1. The molecule has 0 spiro atoms. The Morgan fingerprint density at radius 3 is 2.46 bits per heavy atom. The third-order valence-electron chi connectivity index (χ3n) is 5.36. The van der Waals surface area contributed by atoms with Gasteiger partial charge in [-0.3, -0.25) is 19.7 Å². The molecule has 2 saturated heterocycles. The molecule has 1 aromatic rings. The second-order valence-corrected chi connectivity index (χ2v) is 7.18. The van der Waals surface area contributed by atoms with Crippen molar-refractivity contribution in [2.45, 2.75) is 44.9 Å². The third-order valence-corrected chi connectivity index (χ3v) is 5.36. The smallest absolute Gasteiger partial charge is 0.233 e. The maximum Gasteiger partial charge on any atom is 0.233 e. The molecule has 0 aromatic heterocycles. The fraction of sp³-hybridized carbons (Fsp3) is 0.526. The molecule has 0 aliphatic carbocycles. The van der Waals surface area contributed by atoms with Crippen LogP contribution in [-0.2, 0) is 14.4 Å².